The van der Waals surface area contributed by atoms with Crippen molar-refractivity contribution in [3.63, 3.8) is 0 Å². The highest BCUT2D eigenvalue weighted by Gasteiger charge is 2.46. The Kier molecular flexibility index (Phi) is 6.47. The largest absolute Gasteiger partial charge is 0.507 e. The van der Waals surface area contributed by atoms with Gasteiger partial charge in [-0.3, -0.25) is 14.6 Å². The standard InChI is InChI=1S/C22H24FN3O4/c1-25(2)11-6-12-26-19(16-7-4-5-10-24-16)18(21(28)22(26)29)20(27)15-13-14(23)8-9-17(15)30-3/h4-5,7-10,13,19,27H,6,11-12H2,1-3H3/b20-18+. The van der Waals surface area contributed by atoms with E-state index >= 15 is 0 Å². The Morgan fingerprint density at radius 2 is 2.03 bits per heavy atom. The molecule has 1 N–H and O–H groups in total. The van der Waals surface area contributed by atoms with Gasteiger partial charge in [0.2, 0.25) is 0 Å². The molecule has 1 saturated heterocycles. The van der Waals surface area contributed by atoms with Gasteiger partial charge in [-0.05, 0) is 57.4 Å². The molecule has 2 heterocycles. The Labute approximate surface area is 174 Å². The van der Waals surface area contributed by atoms with Crippen LogP contribution >= 0.6 is 0 Å². The number of likely N-dealkylation sites (tertiary alicyclic amines) is 1. The maximum Gasteiger partial charge on any atom is 0.295 e. The smallest absolute Gasteiger partial charge is 0.295 e. The number of aliphatic hydroxyl groups excluding tert-OH is 1. The van der Waals surface area contributed by atoms with Crippen LogP contribution in [-0.4, -0.2) is 65.9 Å². The molecule has 0 spiro atoms. The van der Waals surface area contributed by atoms with Crippen molar-refractivity contribution in [1.82, 2.24) is 14.8 Å². The molecule has 8 heteroatoms. The number of rotatable bonds is 7. The summed E-state index contributed by atoms with van der Waals surface area (Å²) in [6, 6.07) is 7.89. The zero-order chi connectivity index (χ0) is 21.8. The van der Waals surface area contributed by atoms with Crippen LogP contribution in [0, 0.1) is 5.82 Å². The van der Waals surface area contributed by atoms with Crippen LogP contribution < -0.4 is 4.74 Å². The number of aromatic nitrogens is 1. The lowest BCUT2D eigenvalue weighted by molar-refractivity contribution is -0.140. The third-order valence-electron chi connectivity index (χ3n) is 4.93. The van der Waals surface area contributed by atoms with Crippen molar-refractivity contribution in [3.05, 3.63) is 65.2 Å². The van der Waals surface area contributed by atoms with Gasteiger partial charge >= 0.3 is 0 Å². The highest BCUT2D eigenvalue weighted by molar-refractivity contribution is 6.46. The lowest BCUT2D eigenvalue weighted by atomic mass is 9.97. The lowest BCUT2D eigenvalue weighted by Crippen LogP contribution is -2.32. The highest BCUT2D eigenvalue weighted by atomic mass is 19.1. The summed E-state index contributed by atoms with van der Waals surface area (Å²) < 4.78 is 19.1. The van der Waals surface area contributed by atoms with Crippen molar-refractivity contribution in [2.24, 2.45) is 0 Å². The van der Waals surface area contributed by atoms with E-state index in [9.17, 15) is 19.1 Å². The quantitative estimate of drug-likeness (QED) is 0.427. The Morgan fingerprint density at radius 3 is 2.67 bits per heavy atom. The van der Waals surface area contributed by atoms with E-state index in [1.165, 1.54) is 24.1 Å². The van der Waals surface area contributed by atoms with Gasteiger partial charge in [-0.25, -0.2) is 4.39 Å². The summed E-state index contributed by atoms with van der Waals surface area (Å²) in [5.41, 5.74) is 0.315. The Morgan fingerprint density at radius 1 is 1.27 bits per heavy atom. The summed E-state index contributed by atoms with van der Waals surface area (Å²) in [7, 11) is 5.21. The van der Waals surface area contributed by atoms with E-state index in [0.717, 1.165) is 12.6 Å². The van der Waals surface area contributed by atoms with Crippen molar-refractivity contribution >= 4 is 17.4 Å². The molecular formula is C22H24FN3O4. The van der Waals surface area contributed by atoms with E-state index in [2.05, 4.69) is 4.98 Å². The number of methoxy groups -OCH3 is 1. The maximum absolute atomic E-state index is 13.9. The van der Waals surface area contributed by atoms with Crippen LogP contribution in [0.5, 0.6) is 5.75 Å². The molecule has 158 valence electrons. The molecule has 1 aliphatic heterocycles. The molecular weight excluding hydrogens is 389 g/mol. The predicted octanol–water partition coefficient (Wildman–Crippen LogP) is 2.60. The second-order valence-electron chi connectivity index (χ2n) is 7.25. The number of carbonyl (C=O) groups is 2. The molecule has 2 aromatic rings. The van der Waals surface area contributed by atoms with Crippen LogP contribution in [0.25, 0.3) is 5.76 Å². The topological polar surface area (TPSA) is 83.0 Å². The van der Waals surface area contributed by atoms with Gasteiger partial charge < -0.3 is 19.6 Å². The van der Waals surface area contributed by atoms with Gasteiger partial charge in [0.1, 0.15) is 23.4 Å². The number of hydrogen-bond donors (Lipinski definition) is 1. The molecule has 1 atom stereocenters. The third kappa shape index (κ3) is 4.18. The molecule has 0 aliphatic carbocycles. The average molecular weight is 413 g/mol. The first-order valence-electron chi connectivity index (χ1n) is 9.53. The molecule has 1 unspecified atom stereocenters. The minimum absolute atomic E-state index is 0.00437. The SMILES string of the molecule is COc1ccc(F)cc1/C(O)=C1\C(=O)C(=O)N(CCCN(C)C)C1c1ccccn1. The number of hydrogen-bond acceptors (Lipinski definition) is 6. The predicted molar refractivity (Wildman–Crippen MR) is 109 cm³/mol. The molecule has 0 bridgehead atoms. The molecule has 0 saturated carbocycles. The molecule has 30 heavy (non-hydrogen) atoms. The number of aliphatic hydroxyl groups is 1. The van der Waals surface area contributed by atoms with Gasteiger partial charge in [0.05, 0.1) is 23.9 Å². The van der Waals surface area contributed by atoms with Crippen molar-refractivity contribution in [1.29, 1.82) is 0 Å². The maximum atomic E-state index is 13.9. The average Bonchev–Trinajstić information content (AvgIpc) is 2.98. The van der Waals surface area contributed by atoms with Gasteiger partial charge in [0.15, 0.2) is 0 Å². The van der Waals surface area contributed by atoms with E-state index in [1.54, 1.807) is 24.4 Å². The van der Waals surface area contributed by atoms with Gasteiger partial charge in [-0.15, -0.1) is 0 Å². The minimum Gasteiger partial charge on any atom is -0.507 e. The number of benzene rings is 1. The van der Waals surface area contributed by atoms with Crippen LogP contribution in [0.3, 0.4) is 0 Å². The van der Waals surface area contributed by atoms with E-state index < -0.39 is 29.3 Å². The molecule has 1 aromatic carbocycles. The molecule has 1 fully saturated rings. The molecule has 7 nitrogen and oxygen atoms in total. The third-order valence-corrected chi connectivity index (χ3v) is 4.93. The fraction of sp³-hybridized carbons (Fsp3) is 0.318. The first-order chi connectivity index (χ1) is 14.3. The zero-order valence-corrected chi connectivity index (χ0v) is 17.1. The summed E-state index contributed by atoms with van der Waals surface area (Å²) in [4.78, 5) is 33.4. The van der Waals surface area contributed by atoms with Crippen molar-refractivity contribution < 1.29 is 23.8 Å². The summed E-state index contributed by atoms with van der Waals surface area (Å²) in [5, 5.41) is 11.0. The van der Waals surface area contributed by atoms with Gasteiger partial charge in [0.25, 0.3) is 11.7 Å². The number of ether oxygens (including phenoxy) is 1. The number of carbonyl (C=O) groups excluding carboxylic acids is 2. The fourth-order valence-electron chi connectivity index (χ4n) is 3.52. The molecule has 1 aliphatic rings. The molecule has 0 radical (unpaired) electrons. The van der Waals surface area contributed by atoms with E-state index in [4.69, 9.17) is 4.74 Å². The first kappa shape index (κ1) is 21.4. The zero-order valence-electron chi connectivity index (χ0n) is 17.1. The number of nitrogens with zero attached hydrogens (tertiary/aromatic N) is 3. The van der Waals surface area contributed by atoms with Crippen molar-refractivity contribution in [3.8, 4) is 5.75 Å². The van der Waals surface area contributed by atoms with Crippen LogP contribution in [0.2, 0.25) is 0 Å². The number of halogens is 1. The second-order valence-corrected chi connectivity index (χ2v) is 7.25. The van der Waals surface area contributed by atoms with Gasteiger partial charge in [-0.1, -0.05) is 6.07 Å². The monoisotopic (exact) mass is 413 g/mol. The minimum atomic E-state index is -0.874. The van der Waals surface area contributed by atoms with Gasteiger partial charge in [0, 0.05) is 12.7 Å². The number of ketones is 1. The molecule has 1 amide bonds. The van der Waals surface area contributed by atoms with E-state index in [0.29, 0.717) is 18.7 Å². The van der Waals surface area contributed by atoms with Crippen molar-refractivity contribution in [2.75, 3.05) is 34.3 Å². The molecule has 3 rings (SSSR count). The van der Waals surface area contributed by atoms with Gasteiger partial charge in [-0.2, -0.15) is 0 Å². The Bertz CT molecular complexity index is 976. The number of Topliss-reactive ketones (excluding diaryl/α,β-unsaturated/α-hetero) is 1. The van der Waals surface area contributed by atoms with E-state index in [-0.39, 0.29) is 16.9 Å². The number of amides is 1. The summed E-state index contributed by atoms with van der Waals surface area (Å²) in [6.45, 7) is 1.02. The van der Waals surface area contributed by atoms with Crippen LogP contribution in [0.4, 0.5) is 4.39 Å². The van der Waals surface area contributed by atoms with E-state index in [1.807, 2.05) is 19.0 Å². The summed E-state index contributed by atoms with van der Waals surface area (Å²) in [5.74, 6) is -2.46. The normalized spacial score (nSPS) is 18.3. The highest BCUT2D eigenvalue weighted by Crippen LogP contribution is 2.40. The summed E-state index contributed by atoms with van der Waals surface area (Å²) >= 11 is 0. The lowest BCUT2D eigenvalue weighted by Gasteiger charge is -2.25. The Balaban J connectivity index is 2.13. The van der Waals surface area contributed by atoms with Crippen LogP contribution in [0.15, 0.2) is 48.2 Å². The van der Waals surface area contributed by atoms with Crippen LogP contribution in [0.1, 0.15) is 23.7 Å². The van der Waals surface area contributed by atoms with Crippen LogP contribution in [-0.2, 0) is 9.59 Å². The van der Waals surface area contributed by atoms with Crippen molar-refractivity contribution in [2.45, 2.75) is 12.5 Å². The first-order valence-corrected chi connectivity index (χ1v) is 9.53. The number of pyridine rings is 1. The fourth-order valence-corrected chi connectivity index (χ4v) is 3.52. The second kappa shape index (κ2) is 9.04. The summed E-state index contributed by atoms with van der Waals surface area (Å²) in [6.07, 6.45) is 2.19. The Hall–Kier alpha value is -3.26. The molecule has 1 aromatic heterocycles.